The number of nitrogens with one attached hydrogen (secondary N) is 3. The highest BCUT2D eigenvalue weighted by Gasteiger charge is 2.28. The van der Waals surface area contributed by atoms with Crippen molar-refractivity contribution in [2.24, 2.45) is 22.2 Å². The Morgan fingerprint density at radius 3 is 1.79 bits per heavy atom. The van der Waals surface area contributed by atoms with Crippen molar-refractivity contribution >= 4 is 29.7 Å². The van der Waals surface area contributed by atoms with Gasteiger partial charge in [0.05, 0.1) is 6.04 Å². The van der Waals surface area contributed by atoms with Gasteiger partial charge in [0.1, 0.15) is 18.6 Å². The number of hydrogen-bond acceptors (Lipinski definition) is 6. The van der Waals surface area contributed by atoms with Gasteiger partial charge in [-0.1, -0.05) is 60.7 Å². The van der Waals surface area contributed by atoms with Gasteiger partial charge in [0.15, 0.2) is 5.96 Å². The third-order valence-electron chi connectivity index (χ3n) is 5.55. The molecule has 0 heterocycles. The maximum atomic E-state index is 13.4. The standard InChI is InChI=1S/C26H35N7O5/c27-19(12-7-13-30-26(28)29)23(36)32-21(15-18-10-5-2-6-11-18)25(38)33-20(24(37)31-16-22(34)35)14-17-8-3-1-4-9-17/h1-6,8-11,19-21H,7,12-16,27H2,(H,31,37)(H,32,36)(H,33,38)(H,34,35)(H4,28,29,30). The SMILES string of the molecule is NC(N)=NCCCC(N)C(=O)NC(Cc1ccccc1)C(=O)NC(Cc1ccccc1)C(=O)NCC(=O)O. The Hall–Kier alpha value is -4.45. The molecule has 38 heavy (non-hydrogen) atoms. The molecule has 0 spiro atoms. The van der Waals surface area contributed by atoms with Crippen molar-refractivity contribution in [1.29, 1.82) is 0 Å². The van der Waals surface area contributed by atoms with Crippen molar-refractivity contribution in [2.45, 2.75) is 43.8 Å². The van der Waals surface area contributed by atoms with E-state index in [1.165, 1.54) is 0 Å². The van der Waals surface area contributed by atoms with E-state index in [9.17, 15) is 19.2 Å². The van der Waals surface area contributed by atoms with Crippen LogP contribution in [-0.4, -0.2) is 66.0 Å². The first kappa shape index (κ1) is 29.8. The summed E-state index contributed by atoms with van der Waals surface area (Å²) in [6, 6.07) is 15.0. The number of carbonyl (C=O) groups is 4. The first-order valence-electron chi connectivity index (χ1n) is 12.1. The lowest BCUT2D eigenvalue weighted by molar-refractivity contribution is -0.138. The monoisotopic (exact) mass is 525 g/mol. The second kappa shape index (κ2) is 15.6. The van der Waals surface area contributed by atoms with Crippen molar-refractivity contribution in [3.05, 3.63) is 71.8 Å². The van der Waals surface area contributed by atoms with E-state index in [1.54, 1.807) is 36.4 Å². The first-order valence-corrected chi connectivity index (χ1v) is 12.1. The average molecular weight is 526 g/mol. The Kier molecular flexibility index (Phi) is 12.2. The molecule has 12 nitrogen and oxygen atoms in total. The van der Waals surface area contributed by atoms with E-state index in [0.29, 0.717) is 13.0 Å². The van der Waals surface area contributed by atoms with E-state index >= 15 is 0 Å². The average Bonchev–Trinajstić information content (AvgIpc) is 2.89. The summed E-state index contributed by atoms with van der Waals surface area (Å²) in [6.07, 6.45) is 1.02. The van der Waals surface area contributed by atoms with Crippen molar-refractivity contribution in [3.63, 3.8) is 0 Å². The topological polar surface area (TPSA) is 215 Å². The van der Waals surface area contributed by atoms with Crippen LogP contribution in [0.25, 0.3) is 0 Å². The van der Waals surface area contributed by atoms with Crippen LogP contribution < -0.4 is 33.2 Å². The Morgan fingerprint density at radius 2 is 1.29 bits per heavy atom. The molecule has 0 aromatic heterocycles. The summed E-state index contributed by atoms with van der Waals surface area (Å²) < 4.78 is 0. The van der Waals surface area contributed by atoms with Crippen LogP contribution in [0.1, 0.15) is 24.0 Å². The number of carboxylic acid groups (broad SMARTS) is 1. The molecule has 0 aliphatic rings. The molecule has 12 heteroatoms. The molecule has 10 N–H and O–H groups in total. The van der Waals surface area contributed by atoms with Crippen LogP contribution in [0.3, 0.4) is 0 Å². The van der Waals surface area contributed by atoms with E-state index < -0.39 is 48.4 Å². The molecule has 0 fully saturated rings. The minimum atomic E-state index is -1.22. The van der Waals surface area contributed by atoms with Crippen molar-refractivity contribution in [1.82, 2.24) is 16.0 Å². The molecule has 2 aromatic carbocycles. The smallest absolute Gasteiger partial charge is 0.322 e. The van der Waals surface area contributed by atoms with Gasteiger partial charge < -0.3 is 38.3 Å². The van der Waals surface area contributed by atoms with Gasteiger partial charge in [-0.3, -0.25) is 24.2 Å². The number of benzene rings is 2. The number of hydrogen-bond donors (Lipinski definition) is 7. The van der Waals surface area contributed by atoms with Gasteiger partial charge in [-0.05, 0) is 24.0 Å². The van der Waals surface area contributed by atoms with Crippen LogP contribution in [0, 0.1) is 0 Å². The number of rotatable bonds is 15. The molecule has 204 valence electrons. The Balaban J connectivity index is 2.17. The van der Waals surface area contributed by atoms with E-state index in [0.717, 1.165) is 11.1 Å². The van der Waals surface area contributed by atoms with Crippen LogP contribution in [0.2, 0.25) is 0 Å². The molecule has 0 aliphatic heterocycles. The zero-order chi connectivity index (χ0) is 27.9. The molecule has 0 aliphatic carbocycles. The Morgan fingerprint density at radius 1 is 0.789 bits per heavy atom. The Labute approximate surface area is 221 Å². The van der Waals surface area contributed by atoms with Gasteiger partial charge in [-0.2, -0.15) is 0 Å². The summed E-state index contributed by atoms with van der Waals surface area (Å²) in [5, 5.41) is 16.6. The van der Waals surface area contributed by atoms with Crippen LogP contribution in [-0.2, 0) is 32.0 Å². The fourth-order valence-electron chi connectivity index (χ4n) is 3.61. The number of nitrogens with two attached hydrogens (primary N) is 3. The van der Waals surface area contributed by atoms with E-state index in [2.05, 4.69) is 20.9 Å². The number of amides is 3. The van der Waals surface area contributed by atoms with Gasteiger partial charge >= 0.3 is 5.97 Å². The first-order chi connectivity index (χ1) is 18.2. The van der Waals surface area contributed by atoms with Crippen molar-refractivity contribution in [2.75, 3.05) is 13.1 Å². The molecule has 3 amide bonds. The quantitative estimate of drug-likeness (QED) is 0.0869. The molecule has 0 bridgehead atoms. The molecule has 3 unspecified atom stereocenters. The Bertz CT molecular complexity index is 1090. The minimum Gasteiger partial charge on any atom is -0.480 e. The van der Waals surface area contributed by atoms with Crippen LogP contribution in [0.15, 0.2) is 65.7 Å². The molecule has 2 aromatic rings. The van der Waals surface area contributed by atoms with Gasteiger partial charge in [0.25, 0.3) is 0 Å². The lowest BCUT2D eigenvalue weighted by atomic mass is 10.0. The second-order valence-electron chi connectivity index (χ2n) is 8.67. The molecule has 0 saturated heterocycles. The number of guanidine groups is 1. The number of carboxylic acids is 1. The molecular formula is C26H35N7O5. The summed E-state index contributed by atoms with van der Waals surface area (Å²) in [6.45, 7) is -0.289. The fraction of sp³-hybridized carbons (Fsp3) is 0.346. The van der Waals surface area contributed by atoms with Crippen LogP contribution in [0.4, 0.5) is 0 Å². The number of aliphatic carboxylic acids is 1. The van der Waals surface area contributed by atoms with Crippen molar-refractivity contribution in [3.8, 4) is 0 Å². The lowest BCUT2D eigenvalue weighted by Gasteiger charge is -2.24. The third-order valence-corrected chi connectivity index (χ3v) is 5.55. The highest BCUT2D eigenvalue weighted by molar-refractivity contribution is 5.94. The number of carbonyl (C=O) groups excluding carboxylic acids is 3. The normalized spacial score (nSPS) is 12.9. The molecule has 3 atom stereocenters. The molecule has 0 radical (unpaired) electrons. The van der Waals surface area contributed by atoms with Gasteiger partial charge in [0.2, 0.25) is 17.7 Å². The summed E-state index contributed by atoms with van der Waals surface area (Å²) >= 11 is 0. The van der Waals surface area contributed by atoms with E-state index in [1.807, 2.05) is 24.3 Å². The predicted molar refractivity (Wildman–Crippen MR) is 143 cm³/mol. The summed E-state index contributed by atoms with van der Waals surface area (Å²) in [5.41, 5.74) is 18.2. The number of nitrogens with zero attached hydrogens (tertiary/aromatic N) is 1. The fourth-order valence-corrected chi connectivity index (χ4v) is 3.61. The third kappa shape index (κ3) is 11.1. The summed E-state index contributed by atoms with van der Waals surface area (Å²) in [4.78, 5) is 53.8. The van der Waals surface area contributed by atoms with Gasteiger partial charge in [-0.15, -0.1) is 0 Å². The van der Waals surface area contributed by atoms with Crippen molar-refractivity contribution < 1.29 is 24.3 Å². The minimum absolute atomic E-state index is 0.0555. The van der Waals surface area contributed by atoms with Gasteiger partial charge in [-0.25, -0.2) is 0 Å². The predicted octanol–water partition coefficient (Wildman–Crippen LogP) is -0.977. The maximum absolute atomic E-state index is 13.4. The summed E-state index contributed by atoms with van der Waals surface area (Å²) in [7, 11) is 0. The summed E-state index contributed by atoms with van der Waals surface area (Å²) in [5.74, 6) is -3.08. The molecular weight excluding hydrogens is 490 g/mol. The second-order valence-corrected chi connectivity index (χ2v) is 8.67. The zero-order valence-corrected chi connectivity index (χ0v) is 21.0. The van der Waals surface area contributed by atoms with Gasteiger partial charge in [0, 0.05) is 19.4 Å². The van der Waals surface area contributed by atoms with E-state index in [4.69, 9.17) is 22.3 Å². The zero-order valence-electron chi connectivity index (χ0n) is 21.0. The maximum Gasteiger partial charge on any atom is 0.322 e. The largest absolute Gasteiger partial charge is 0.480 e. The van der Waals surface area contributed by atoms with Crippen LogP contribution >= 0.6 is 0 Å². The molecule has 2 rings (SSSR count). The van der Waals surface area contributed by atoms with E-state index in [-0.39, 0.29) is 25.2 Å². The lowest BCUT2D eigenvalue weighted by Crippen LogP contribution is -2.57. The van der Waals surface area contributed by atoms with Crippen LogP contribution in [0.5, 0.6) is 0 Å². The highest BCUT2D eigenvalue weighted by Crippen LogP contribution is 2.08. The molecule has 0 saturated carbocycles. The highest BCUT2D eigenvalue weighted by atomic mass is 16.4. The number of aliphatic imine (C=N–C) groups is 1.